The lowest BCUT2D eigenvalue weighted by atomic mass is 9.39. The second-order valence-corrected chi connectivity index (χ2v) is 18.8. The quantitative estimate of drug-likeness (QED) is 0.174. The Kier molecular flexibility index (Phi) is 6.81. The number of nitrogens with zero attached hydrogens (tertiary/aromatic N) is 1. The van der Waals surface area contributed by atoms with E-state index in [9.17, 15) is 0 Å². The molecule has 4 bridgehead atoms. The normalized spacial score (nSPS) is 24.4. The molecule has 1 nitrogen and oxygen atoms in total. The summed E-state index contributed by atoms with van der Waals surface area (Å²) in [5, 5.41) is 5.24. The van der Waals surface area contributed by atoms with Gasteiger partial charge in [-0.2, -0.15) is 0 Å². The molecule has 5 aliphatic carbocycles. The van der Waals surface area contributed by atoms with E-state index in [4.69, 9.17) is 0 Å². The number of rotatable bonds is 4. The fourth-order valence-electron chi connectivity index (χ4n) is 12.6. The number of fused-ring (bicyclic) bond motifs is 6. The molecule has 0 N–H and O–H groups in total. The summed E-state index contributed by atoms with van der Waals surface area (Å²) in [7, 11) is 0. The topological polar surface area (TPSA) is 3.24 Å². The summed E-state index contributed by atoms with van der Waals surface area (Å²) in [6.45, 7) is 4.95. The standard InChI is InChI=1S/C53H45NS/c1-52(2)45-14-6-7-15-47(45)53(38-27-33-26-34(29-38)30-39(53)28-33)48-32-41(23-25-46(48)52)54(49-16-9-11-36-10-3-4-12-42(36)49)40-21-18-35(19-22-40)37-20-24-44-43-13-5-8-17-50(43)55-51(44)31-37/h3-25,31-34,38-39H,26-30H2,1-2H3. The van der Waals surface area contributed by atoms with Gasteiger partial charge in [0.1, 0.15) is 0 Å². The zero-order valence-corrected chi connectivity index (χ0v) is 32.5. The molecule has 55 heavy (non-hydrogen) atoms. The smallest absolute Gasteiger partial charge is 0.0540 e. The molecule has 0 unspecified atom stereocenters. The van der Waals surface area contributed by atoms with Crippen LogP contribution in [0.4, 0.5) is 17.1 Å². The summed E-state index contributed by atoms with van der Waals surface area (Å²) in [6, 6.07) is 58.1. The molecule has 7 aromatic carbocycles. The van der Waals surface area contributed by atoms with Crippen molar-refractivity contribution in [2.45, 2.75) is 56.8 Å². The Hall–Kier alpha value is -5.18. The van der Waals surface area contributed by atoms with E-state index in [1.165, 1.54) is 96.8 Å². The van der Waals surface area contributed by atoms with Gasteiger partial charge in [-0.25, -0.2) is 0 Å². The van der Waals surface area contributed by atoms with Crippen molar-refractivity contribution < 1.29 is 0 Å². The molecule has 0 aliphatic heterocycles. The Morgan fingerprint density at radius 3 is 1.89 bits per heavy atom. The molecule has 5 aliphatic rings. The lowest BCUT2D eigenvalue weighted by molar-refractivity contribution is -0.0443. The van der Waals surface area contributed by atoms with Gasteiger partial charge in [0.2, 0.25) is 0 Å². The van der Waals surface area contributed by atoms with Gasteiger partial charge in [0.05, 0.1) is 5.69 Å². The SMILES string of the molecule is CC1(C)c2ccccc2C2(c3cc(N(c4ccc(-c5ccc6c(c5)sc5ccccc56)cc4)c4cccc5ccccc45)ccc31)C1CC3CC(C1)CC2C3. The van der Waals surface area contributed by atoms with E-state index >= 15 is 0 Å². The fraction of sp³-hybridized carbons (Fsp3) is 0.245. The van der Waals surface area contributed by atoms with Crippen LogP contribution in [-0.4, -0.2) is 0 Å². The highest BCUT2D eigenvalue weighted by Gasteiger charge is 2.62. The minimum Gasteiger partial charge on any atom is -0.310 e. The van der Waals surface area contributed by atoms with Gasteiger partial charge >= 0.3 is 0 Å². The first-order valence-corrected chi connectivity index (χ1v) is 21.3. The monoisotopic (exact) mass is 727 g/mol. The Bertz CT molecular complexity index is 2790. The van der Waals surface area contributed by atoms with Crippen molar-refractivity contribution in [1.82, 2.24) is 0 Å². The summed E-state index contributed by atoms with van der Waals surface area (Å²) in [4.78, 5) is 2.55. The zero-order valence-electron chi connectivity index (χ0n) is 31.6. The second kappa shape index (κ2) is 11.7. The van der Waals surface area contributed by atoms with Crippen molar-refractivity contribution in [3.63, 3.8) is 0 Å². The number of hydrogen-bond acceptors (Lipinski definition) is 2. The van der Waals surface area contributed by atoms with Gasteiger partial charge in [0, 0.05) is 47.8 Å². The third kappa shape index (κ3) is 4.52. The average molecular weight is 728 g/mol. The maximum Gasteiger partial charge on any atom is 0.0540 e. The summed E-state index contributed by atoms with van der Waals surface area (Å²) in [5.74, 6) is 3.23. The molecule has 0 atom stereocenters. The van der Waals surface area contributed by atoms with E-state index in [0.29, 0.717) is 11.8 Å². The molecular weight excluding hydrogens is 683 g/mol. The molecule has 0 amide bonds. The van der Waals surface area contributed by atoms with Crippen LogP contribution in [0.2, 0.25) is 0 Å². The first-order valence-electron chi connectivity index (χ1n) is 20.5. The van der Waals surface area contributed by atoms with Crippen molar-refractivity contribution in [3.8, 4) is 11.1 Å². The van der Waals surface area contributed by atoms with E-state index in [1.54, 1.807) is 16.7 Å². The highest BCUT2D eigenvalue weighted by molar-refractivity contribution is 7.25. The van der Waals surface area contributed by atoms with E-state index in [2.05, 4.69) is 170 Å². The van der Waals surface area contributed by atoms with Gasteiger partial charge in [-0.3, -0.25) is 0 Å². The lowest BCUT2D eigenvalue weighted by Crippen LogP contribution is -2.58. The summed E-state index contributed by atoms with van der Waals surface area (Å²) < 4.78 is 2.69. The first-order chi connectivity index (χ1) is 27.0. The molecule has 268 valence electrons. The van der Waals surface area contributed by atoms with Gasteiger partial charge in [0.25, 0.3) is 0 Å². The van der Waals surface area contributed by atoms with Crippen LogP contribution in [0.5, 0.6) is 0 Å². The van der Waals surface area contributed by atoms with Crippen LogP contribution in [0.3, 0.4) is 0 Å². The first kappa shape index (κ1) is 32.1. The third-order valence-corrected chi connectivity index (χ3v) is 15.8. The average Bonchev–Trinajstić information content (AvgIpc) is 3.59. The summed E-state index contributed by atoms with van der Waals surface area (Å²) >= 11 is 1.89. The number of thiophene rings is 1. The molecule has 13 rings (SSSR count). The molecule has 1 aromatic heterocycles. The van der Waals surface area contributed by atoms with Gasteiger partial charge in [0.15, 0.2) is 0 Å². The van der Waals surface area contributed by atoms with Crippen molar-refractivity contribution in [1.29, 1.82) is 0 Å². The number of hydrogen-bond donors (Lipinski definition) is 0. The van der Waals surface area contributed by atoms with Gasteiger partial charge in [-0.15, -0.1) is 11.3 Å². The highest BCUT2D eigenvalue weighted by Crippen LogP contribution is 2.69. The van der Waals surface area contributed by atoms with E-state index in [1.807, 2.05) is 11.3 Å². The fourth-order valence-corrected chi connectivity index (χ4v) is 13.7. The third-order valence-electron chi connectivity index (χ3n) is 14.7. The predicted octanol–water partition coefficient (Wildman–Crippen LogP) is 14.7. The molecule has 2 heteroatoms. The molecular formula is C53H45NS. The van der Waals surface area contributed by atoms with Crippen molar-refractivity contribution in [2.24, 2.45) is 23.7 Å². The predicted molar refractivity (Wildman–Crippen MR) is 233 cm³/mol. The van der Waals surface area contributed by atoms with E-state index in [0.717, 1.165) is 11.8 Å². The van der Waals surface area contributed by atoms with Crippen molar-refractivity contribution >= 4 is 59.3 Å². The van der Waals surface area contributed by atoms with Gasteiger partial charge in [-0.1, -0.05) is 123 Å². The van der Waals surface area contributed by atoms with Crippen LogP contribution >= 0.6 is 11.3 Å². The zero-order chi connectivity index (χ0) is 36.5. The minimum atomic E-state index is -0.0637. The van der Waals surface area contributed by atoms with Crippen molar-refractivity contribution in [3.05, 3.63) is 174 Å². The molecule has 4 saturated carbocycles. The van der Waals surface area contributed by atoms with Crippen LogP contribution in [0, 0.1) is 23.7 Å². The molecule has 1 spiro atoms. The second-order valence-electron chi connectivity index (χ2n) is 17.8. The Labute approximate surface area is 328 Å². The number of benzene rings is 7. The maximum absolute atomic E-state index is 2.67. The largest absolute Gasteiger partial charge is 0.310 e. The Morgan fingerprint density at radius 2 is 1.09 bits per heavy atom. The lowest BCUT2D eigenvalue weighted by Gasteiger charge is -2.64. The van der Waals surface area contributed by atoms with E-state index < -0.39 is 0 Å². The molecule has 4 fully saturated rings. The number of anilines is 3. The van der Waals surface area contributed by atoms with E-state index in [-0.39, 0.29) is 10.8 Å². The van der Waals surface area contributed by atoms with Crippen LogP contribution in [0.1, 0.15) is 68.2 Å². The summed E-state index contributed by atoms with van der Waals surface area (Å²) in [5.41, 5.74) is 12.5. The van der Waals surface area contributed by atoms with Gasteiger partial charge < -0.3 is 4.90 Å². The molecule has 0 saturated heterocycles. The molecule has 8 aromatic rings. The van der Waals surface area contributed by atoms with Crippen LogP contribution in [0.25, 0.3) is 42.1 Å². The summed E-state index contributed by atoms with van der Waals surface area (Å²) in [6.07, 6.45) is 6.99. The van der Waals surface area contributed by atoms with Gasteiger partial charge in [-0.05, 0) is 137 Å². The van der Waals surface area contributed by atoms with Crippen LogP contribution < -0.4 is 4.90 Å². The molecule has 1 heterocycles. The molecule has 0 radical (unpaired) electrons. The minimum absolute atomic E-state index is 0.0637. The van der Waals surface area contributed by atoms with Crippen LogP contribution in [-0.2, 0) is 10.8 Å². The van der Waals surface area contributed by atoms with Crippen molar-refractivity contribution in [2.75, 3.05) is 4.90 Å². The van der Waals surface area contributed by atoms with Crippen LogP contribution in [0.15, 0.2) is 152 Å². The Balaban J connectivity index is 1.04. The highest BCUT2D eigenvalue weighted by atomic mass is 32.1. The Morgan fingerprint density at radius 1 is 0.473 bits per heavy atom. The maximum atomic E-state index is 2.67.